The molecule has 2 bridgehead atoms. The van der Waals surface area contributed by atoms with Crippen molar-refractivity contribution < 1.29 is 1.43 Å². The van der Waals surface area contributed by atoms with Crippen LogP contribution >= 0.6 is 0 Å². The summed E-state index contributed by atoms with van der Waals surface area (Å²) < 4.78 is 0. The van der Waals surface area contributed by atoms with Crippen molar-refractivity contribution >= 4 is 0 Å². The van der Waals surface area contributed by atoms with Crippen molar-refractivity contribution in [3.63, 3.8) is 0 Å². The maximum Gasteiger partial charge on any atom is 0.0193 e. The summed E-state index contributed by atoms with van der Waals surface area (Å²) in [7, 11) is 0. The molecule has 48 valence electrons. The lowest BCUT2D eigenvalue weighted by Crippen LogP contribution is -2.58. The Labute approximate surface area is 51.1 Å². The van der Waals surface area contributed by atoms with E-state index in [1.54, 1.807) is 0 Å². The van der Waals surface area contributed by atoms with Gasteiger partial charge in [-0.25, -0.2) is 0 Å². The van der Waals surface area contributed by atoms with Gasteiger partial charge in [0.15, 0.2) is 0 Å². The Morgan fingerprint density at radius 3 is 1.62 bits per heavy atom. The Hall–Kier alpha value is -0.0800. The van der Waals surface area contributed by atoms with Crippen LogP contribution in [0.5, 0.6) is 0 Å². The van der Waals surface area contributed by atoms with Crippen molar-refractivity contribution in [2.24, 2.45) is 0 Å². The van der Waals surface area contributed by atoms with Crippen molar-refractivity contribution in [3.05, 3.63) is 0 Å². The van der Waals surface area contributed by atoms with Crippen LogP contribution in [-0.2, 0) is 0 Å². The van der Waals surface area contributed by atoms with Crippen LogP contribution in [0.4, 0.5) is 0 Å². The molecular formula is C6H14N2. The second-order valence-corrected chi connectivity index (χ2v) is 2.79. The fourth-order valence-electron chi connectivity index (χ4n) is 1.57. The van der Waals surface area contributed by atoms with Crippen LogP contribution in [0.2, 0.25) is 0 Å². The molecule has 3 rings (SSSR count). The zero-order valence-corrected chi connectivity index (χ0v) is 4.98. The summed E-state index contributed by atoms with van der Waals surface area (Å²) in [5.41, 5.74) is 0. The van der Waals surface area contributed by atoms with E-state index >= 15 is 0 Å². The molecule has 0 spiro atoms. The molecule has 1 unspecified atom stereocenters. The largest absolute Gasteiger partial charge is 0.311 e. The first-order valence-electron chi connectivity index (χ1n) is 3.42. The average molecular weight is 114 g/mol. The van der Waals surface area contributed by atoms with E-state index in [2.05, 4.69) is 10.6 Å². The van der Waals surface area contributed by atoms with Crippen molar-refractivity contribution in [1.82, 2.24) is 10.6 Å². The SMILES string of the molecule is C1C[C@H]2CNC1CN2.[HH]. The summed E-state index contributed by atoms with van der Waals surface area (Å²) in [5.74, 6) is 0. The molecule has 3 heterocycles. The standard InChI is InChI=1S/C6H12N2.H2/c1-2-6-4-7-5(1)3-8-6;/h5-8H,1-4H2;1H/t5-,6?;/m0./s1. The summed E-state index contributed by atoms with van der Waals surface area (Å²) in [6.07, 6.45) is 2.77. The van der Waals surface area contributed by atoms with Gasteiger partial charge in [-0.3, -0.25) is 0 Å². The molecule has 0 aliphatic carbocycles. The van der Waals surface area contributed by atoms with E-state index in [-0.39, 0.29) is 1.43 Å². The zero-order chi connectivity index (χ0) is 5.40. The minimum Gasteiger partial charge on any atom is -0.311 e. The lowest BCUT2D eigenvalue weighted by atomic mass is 9.96. The molecule has 0 aromatic heterocycles. The molecule has 3 fully saturated rings. The number of hydrogen-bond acceptors (Lipinski definition) is 2. The van der Waals surface area contributed by atoms with Crippen molar-refractivity contribution in [2.75, 3.05) is 13.1 Å². The van der Waals surface area contributed by atoms with Gasteiger partial charge in [-0.1, -0.05) is 0 Å². The van der Waals surface area contributed by atoms with E-state index in [0.717, 1.165) is 12.1 Å². The van der Waals surface area contributed by atoms with Gasteiger partial charge in [-0.05, 0) is 12.8 Å². The molecule has 0 amide bonds. The molecule has 8 heavy (non-hydrogen) atoms. The molecule has 3 saturated heterocycles. The fourth-order valence-corrected chi connectivity index (χ4v) is 1.57. The quantitative estimate of drug-likeness (QED) is 0.461. The molecule has 0 radical (unpaired) electrons. The molecule has 2 atom stereocenters. The highest BCUT2D eigenvalue weighted by Crippen LogP contribution is 2.12. The van der Waals surface area contributed by atoms with Crippen LogP contribution < -0.4 is 10.6 Å². The lowest BCUT2D eigenvalue weighted by molar-refractivity contribution is 0.251. The maximum atomic E-state index is 3.46. The van der Waals surface area contributed by atoms with E-state index in [1.165, 1.54) is 25.9 Å². The van der Waals surface area contributed by atoms with Gasteiger partial charge in [0.2, 0.25) is 0 Å². The van der Waals surface area contributed by atoms with Crippen LogP contribution in [-0.4, -0.2) is 25.2 Å². The monoisotopic (exact) mass is 114 g/mol. The first-order valence-corrected chi connectivity index (χ1v) is 3.42. The smallest absolute Gasteiger partial charge is 0.0193 e. The summed E-state index contributed by atoms with van der Waals surface area (Å²) in [6, 6.07) is 1.58. The van der Waals surface area contributed by atoms with E-state index in [0.29, 0.717) is 0 Å². The molecule has 0 aromatic rings. The first-order chi connectivity index (χ1) is 3.95. The Bertz CT molecular complexity index is 66.0. The highest BCUT2D eigenvalue weighted by Gasteiger charge is 2.25. The van der Waals surface area contributed by atoms with Gasteiger partial charge in [-0.15, -0.1) is 0 Å². The third kappa shape index (κ3) is 0.644. The Morgan fingerprint density at radius 2 is 1.50 bits per heavy atom. The minimum atomic E-state index is 0. The van der Waals surface area contributed by atoms with E-state index < -0.39 is 0 Å². The van der Waals surface area contributed by atoms with Crippen molar-refractivity contribution in [3.8, 4) is 0 Å². The van der Waals surface area contributed by atoms with Gasteiger partial charge in [0, 0.05) is 26.6 Å². The molecule has 2 nitrogen and oxygen atoms in total. The third-order valence-corrected chi connectivity index (χ3v) is 2.17. The molecule has 2 heteroatoms. The number of rotatable bonds is 0. The Balaban J connectivity index is 0.000000405. The normalized spacial score (nSPS) is 45.0. The van der Waals surface area contributed by atoms with E-state index in [1.807, 2.05) is 0 Å². The van der Waals surface area contributed by atoms with Crippen LogP contribution in [0.15, 0.2) is 0 Å². The topological polar surface area (TPSA) is 24.1 Å². The highest BCUT2D eigenvalue weighted by atomic mass is 15.1. The third-order valence-electron chi connectivity index (χ3n) is 2.17. The molecule has 2 N–H and O–H groups in total. The van der Waals surface area contributed by atoms with E-state index in [9.17, 15) is 0 Å². The first kappa shape index (κ1) is 4.77. The maximum absolute atomic E-state index is 3.46. The number of fused-ring (bicyclic) bond motifs is 3. The van der Waals surface area contributed by atoms with E-state index in [4.69, 9.17) is 0 Å². The predicted molar refractivity (Wildman–Crippen MR) is 34.9 cm³/mol. The second-order valence-electron chi connectivity index (χ2n) is 2.79. The number of hydrogen-bond donors (Lipinski definition) is 2. The van der Waals surface area contributed by atoms with Crippen molar-refractivity contribution in [1.29, 1.82) is 0 Å². The number of piperazine rings is 1. The zero-order valence-electron chi connectivity index (χ0n) is 4.98. The van der Waals surface area contributed by atoms with Gasteiger partial charge >= 0.3 is 0 Å². The number of nitrogens with one attached hydrogen (secondary N) is 2. The van der Waals surface area contributed by atoms with Crippen molar-refractivity contribution in [2.45, 2.75) is 24.9 Å². The summed E-state index contributed by atoms with van der Waals surface area (Å²) in [5, 5.41) is 6.91. The van der Waals surface area contributed by atoms with Crippen LogP contribution in [0.3, 0.4) is 0 Å². The molecule has 3 aliphatic rings. The summed E-state index contributed by atoms with van der Waals surface area (Å²) >= 11 is 0. The van der Waals surface area contributed by atoms with Gasteiger partial charge in [0.25, 0.3) is 0 Å². The second kappa shape index (κ2) is 1.71. The minimum absolute atomic E-state index is 0. The molecule has 3 aliphatic heterocycles. The Kier molecular flexibility index (Phi) is 1.02. The molecular weight excluding hydrogens is 100 g/mol. The van der Waals surface area contributed by atoms with Gasteiger partial charge in [0.05, 0.1) is 0 Å². The number of piperidine rings is 2. The van der Waals surface area contributed by atoms with Crippen LogP contribution in [0.1, 0.15) is 14.3 Å². The van der Waals surface area contributed by atoms with Gasteiger partial charge < -0.3 is 10.6 Å². The average Bonchev–Trinajstić information content (AvgIpc) is 1.92. The van der Waals surface area contributed by atoms with Gasteiger partial charge in [-0.2, -0.15) is 0 Å². The lowest BCUT2D eigenvalue weighted by Gasteiger charge is -2.37. The molecule has 0 aromatic carbocycles. The van der Waals surface area contributed by atoms with Crippen LogP contribution in [0.25, 0.3) is 0 Å². The summed E-state index contributed by atoms with van der Waals surface area (Å²) in [4.78, 5) is 0. The molecule has 0 saturated carbocycles. The van der Waals surface area contributed by atoms with Gasteiger partial charge in [0.1, 0.15) is 0 Å². The van der Waals surface area contributed by atoms with Crippen LogP contribution in [0, 0.1) is 0 Å². The highest BCUT2D eigenvalue weighted by molar-refractivity contribution is 4.89. The predicted octanol–water partition coefficient (Wildman–Crippen LogP) is -0.0438. The summed E-state index contributed by atoms with van der Waals surface area (Å²) in [6.45, 7) is 2.40. The fraction of sp³-hybridized carbons (Fsp3) is 1.00. The Morgan fingerprint density at radius 1 is 1.00 bits per heavy atom.